The summed E-state index contributed by atoms with van der Waals surface area (Å²) in [6.45, 7) is 14.6. The molecule has 1 amide bonds. The fraction of sp³-hybridized carbons (Fsp3) is 0.842. The maximum atomic E-state index is 12.9. The van der Waals surface area contributed by atoms with E-state index in [4.69, 9.17) is 14.0 Å². The molecule has 2 saturated heterocycles. The minimum atomic E-state index is -0.513. The van der Waals surface area contributed by atoms with Gasteiger partial charge in [-0.05, 0) is 73.1 Å². The van der Waals surface area contributed by atoms with E-state index in [0.717, 1.165) is 19.3 Å². The lowest BCUT2D eigenvalue weighted by Gasteiger charge is -2.37. The molecule has 2 heterocycles. The van der Waals surface area contributed by atoms with Gasteiger partial charge < -0.3 is 18.9 Å². The van der Waals surface area contributed by atoms with E-state index in [2.05, 4.69) is 39.8 Å². The molecule has 3 rings (SSSR count). The van der Waals surface area contributed by atoms with E-state index < -0.39 is 23.9 Å². The number of likely N-dealkylation sites (tertiary alicyclic amines) is 1. The fourth-order valence-electron chi connectivity index (χ4n) is 4.10. The summed E-state index contributed by atoms with van der Waals surface area (Å²) < 4.78 is 18.4. The number of ether oxygens (including phenoxy) is 1. The number of nitrogens with zero attached hydrogens (tertiary/aromatic N) is 1. The van der Waals surface area contributed by atoms with E-state index >= 15 is 0 Å². The summed E-state index contributed by atoms with van der Waals surface area (Å²) in [6.07, 6.45) is 7.04. The van der Waals surface area contributed by atoms with Gasteiger partial charge in [-0.3, -0.25) is 0 Å². The van der Waals surface area contributed by atoms with Crippen molar-refractivity contribution < 1.29 is 18.8 Å². The lowest BCUT2D eigenvalue weighted by molar-refractivity contribution is 0.00578. The summed E-state index contributed by atoms with van der Waals surface area (Å²) in [5.74, 6) is -0.126. The van der Waals surface area contributed by atoms with Gasteiger partial charge in [0.1, 0.15) is 5.60 Å². The highest BCUT2D eigenvalue weighted by Crippen LogP contribution is 2.51. The zero-order chi connectivity index (χ0) is 18.7. The van der Waals surface area contributed by atoms with Crippen molar-refractivity contribution in [3.63, 3.8) is 0 Å². The Bertz CT molecular complexity index is 554. The van der Waals surface area contributed by atoms with Crippen molar-refractivity contribution in [2.24, 2.45) is 5.41 Å². The molecule has 2 fully saturated rings. The van der Waals surface area contributed by atoms with E-state index in [-0.39, 0.29) is 17.4 Å². The first-order valence-electron chi connectivity index (χ1n) is 9.37. The zero-order valence-corrected chi connectivity index (χ0v) is 16.7. The molecule has 1 aliphatic carbocycles. The smallest absolute Gasteiger partial charge is 0.444 e. The maximum absolute atomic E-state index is 12.9. The van der Waals surface area contributed by atoms with Crippen LogP contribution in [0.15, 0.2) is 12.2 Å². The first-order valence-corrected chi connectivity index (χ1v) is 9.37. The molecule has 0 saturated carbocycles. The molecule has 0 aromatic rings. The number of carbonyl (C=O) groups excluding carboxylic acids is 1. The van der Waals surface area contributed by atoms with Crippen LogP contribution >= 0.6 is 0 Å². The second kappa shape index (κ2) is 5.75. The zero-order valence-electron chi connectivity index (χ0n) is 16.7. The molecule has 0 bridgehead atoms. The van der Waals surface area contributed by atoms with Gasteiger partial charge in [-0.25, -0.2) is 4.79 Å². The van der Waals surface area contributed by atoms with Crippen molar-refractivity contribution in [2.75, 3.05) is 6.54 Å². The van der Waals surface area contributed by atoms with Crippen LogP contribution in [0.5, 0.6) is 0 Å². The van der Waals surface area contributed by atoms with E-state index in [9.17, 15) is 4.79 Å². The second-order valence-corrected chi connectivity index (χ2v) is 9.74. The van der Waals surface area contributed by atoms with Crippen LogP contribution in [0.1, 0.15) is 67.7 Å². The molecule has 2 aliphatic heterocycles. The first kappa shape index (κ1) is 18.8. The van der Waals surface area contributed by atoms with Crippen LogP contribution in [0.3, 0.4) is 0 Å². The van der Waals surface area contributed by atoms with Gasteiger partial charge in [0.25, 0.3) is 0 Å². The molecule has 0 radical (unpaired) electrons. The standard InChI is InChI=1S/C19H32BNO4/c1-16(2,3)23-15(22)21-13-12-19(10-8-9-11-19)14(21)20-24-17(4,5)18(6,7)25-20/h8-9,14H,10-13H2,1-7H3. The van der Waals surface area contributed by atoms with Gasteiger partial charge >= 0.3 is 13.2 Å². The molecule has 1 atom stereocenters. The van der Waals surface area contributed by atoms with Crippen molar-refractivity contribution >= 4 is 13.2 Å². The van der Waals surface area contributed by atoms with Crippen LogP contribution in [0, 0.1) is 5.41 Å². The van der Waals surface area contributed by atoms with Crippen LogP contribution in [0.25, 0.3) is 0 Å². The average Bonchev–Trinajstić information content (AvgIpc) is 3.08. The van der Waals surface area contributed by atoms with Gasteiger partial charge in [0.05, 0.1) is 17.1 Å². The normalized spacial score (nSPS) is 29.6. The summed E-state index contributed by atoms with van der Waals surface area (Å²) in [7, 11) is -0.431. The highest BCUT2D eigenvalue weighted by molar-refractivity contribution is 6.48. The summed E-state index contributed by atoms with van der Waals surface area (Å²) in [5, 5.41) is 0. The number of rotatable bonds is 1. The lowest BCUT2D eigenvalue weighted by Crippen LogP contribution is -2.54. The van der Waals surface area contributed by atoms with Crippen molar-refractivity contribution in [1.82, 2.24) is 4.90 Å². The monoisotopic (exact) mass is 349 g/mol. The van der Waals surface area contributed by atoms with Gasteiger partial charge in [0.2, 0.25) is 0 Å². The van der Waals surface area contributed by atoms with Crippen LogP contribution in [-0.2, 0) is 14.0 Å². The van der Waals surface area contributed by atoms with Crippen LogP contribution < -0.4 is 0 Å². The van der Waals surface area contributed by atoms with Crippen molar-refractivity contribution in [3.8, 4) is 0 Å². The fourth-order valence-corrected chi connectivity index (χ4v) is 4.10. The molecule has 0 N–H and O–H groups in total. The Labute approximate surface area is 152 Å². The Morgan fingerprint density at radius 3 is 2.12 bits per heavy atom. The number of allylic oxidation sites excluding steroid dienone is 2. The molecule has 0 aromatic carbocycles. The second-order valence-electron chi connectivity index (χ2n) is 9.74. The van der Waals surface area contributed by atoms with Crippen LogP contribution in [-0.4, -0.2) is 47.4 Å². The van der Waals surface area contributed by atoms with Gasteiger partial charge in [-0.1, -0.05) is 12.2 Å². The average molecular weight is 349 g/mol. The summed E-state index contributed by atoms with van der Waals surface area (Å²) in [4.78, 5) is 14.7. The predicted molar refractivity (Wildman–Crippen MR) is 98.2 cm³/mol. The maximum Gasteiger partial charge on any atom is 0.482 e. The Hall–Kier alpha value is -1.01. The van der Waals surface area contributed by atoms with Gasteiger partial charge in [0.15, 0.2) is 0 Å². The van der Waals surface area contributed by atoms with Gasteiger partial charge in [0, 0.05) is 6.54 Å². The molecule has 140 valence electrons. The first-order chi connectivity index (χ1) is 11.4. The Kier molecular flexibility index (Phi) is 4.32. The lowest BCUT2D eigenvalue weighted by atomic mass is 9.61. The van der Waals surface area contributed by atoms with Crippen molar-refractivity contribution in [3.05, 3.63) is 12.2 Å². The molecule has 25 heavy (non-hydrogen) atoms. The quantitative estimate of drug-likeness (QED) is 0.531. The van der Waals surface area contributed by atoms with Gasteiger partial charge in [-0.2, -0.15) is 0 Å². The van der Waals surface area contributed by atoms with Crippen molar-refractivity contribution in [1.29, 1.82) is 0 Å². The molecule has 6 heteroatoms. The number of carbonyl (C=O) groups is 1. The molecule has 3 aliphatic rings. The van der Waals surface area contributed by atoms with Crippen LogP contribution in [0.2, 0.25) is 0 Å². The third-order valence-corrected chi connectivity index (χ3v) is 6.19. The summed E-state index contributed by atoms with van der Waals surface area (Å²) in [5.41, 5.74) is -1.33. The van der Waals surface area contributed by atoms with E-state index in [0.29, 0.717) is 6.54 Å². The minimum Gasteiger partial charge on any atom is -0.444 e. The molecule has 5 nitrogen and oxygen atoms in total. The number of amides is 1. The third-order valence-electron chi connectivity index (χ3n) is 6.19. The topological polar surface area (TPSA) is 48.0 Å². The molecular weight excluding hydrogens is 317 g/mol. The highest BCUT2D eigenvalue weighted by Gasteiger charge is 2.63. The highest BCUT2D eigenvalue weighted by atomic mass is 16.7. The predicted octanol–water partition coefficient (Wildman–Crippen LogP) is 3.96. The van der Waals surface area contributed by atoms with E-state index in [1.54, 1.807) is 0 Å². The Morgan fingerprint density at radius 1 is 1.12 bits per heavy atom. The molecule has 1 unspecified atom stereocenters. The van der Waals surface area contributed by atoms with Crippen molar-refractivity contribution in [2.45, 2.75) is 90.5 Å². The SMILES string of the molecule is CC(C)(C)OC(=O)N1CCC2(CC=CC2)C1B1OC(C)(C)C(C)(C)O1. The van der Waals surface area contributed by atoms with E-state index in [1.165, 1.54) is 0 Å². The van der Waals surface area contributed by atoms with E-state index in [1.807, 2.05) is 25.7 Å². The third kappa shape index (κ3) is 3.23. The number of hydrogen-bond acceptors (Lipinski definition) is 4. The van der Waals surface area contributed by atoms with Gasteiger partial charge in [-0.15, -0.1) is 0 Å². The molecule has 0 aromatic heterocycles. The summed E-state index contributed by atoms with van der Waals surface area (Å²) in [6, 6.07) is 0. The molecule has 1 spiro atoms. The minimum absolute atomic E-state index is 0.00191. The molecular formula is C19H32BNO4. The van der Waals surface area contributed by atoms with Crippen LogP contribution in [0.4, 0.5) is 4.79 Å². The summed E-state index contributed by atoms with van der Waals surface area (Å²) >= 11 is 0. The Morgan fingerprint density at radius 2 is 1.64 bits per heavy atom. The number of hydrogen-bond donors (Lipinski definition) is 0. The Balaban J connectivity index is 1.89. The largest absolute Gasteiger partial charge is 0.482 e.